The van der Waals surface area contributed by atoms with Gasteiger partial charge in [0.25, 0.3) is 0 Å². The van der Waals surface area contributed by atoms with E-state index in [0.29, 0.717) is 18.8 Å². The summed E-state index contributed by atoms with van der Waals surface area (Å²) in [5.41, 5.74) is 1.44. The Kier molecular flexibility index (Phi) is 6.57. The smallest absolute Gasteiger partial charge is 0.340 e. The molecule has 0 aliphatic carbocycles. The summed E-state index contributed by atoms with van der Waals surface area (Å²) in [6.07, 6.45) is 0. The first-order chi connectivity index (χ1) is 11.7. The highest BCUT2D eigenvalue weighted by Crippen LogP contribution is 2.27. The van der Waals surface area contributed by atoms with Crippen LogP contribution in [0.4, 0.5) is 10.1 Å². The van der Waals surface area contributed by atoms with Gasteiger partial charge < -0.3 is 19.5 Å². The van der Waals surface area contributed by atoms with Crippen molar-refractivity contribution in [2.24, 2.45) is 0 Å². The van der Waals surface area contributed by atoms with E-state index in [1.54, 1.807) is 7.11 Å². The fourth-order valence-electron chi connectivity index (χ4n) is 2.11. The van der Waals surface area contributed by atoms with E-state index in [1.807, 2.05) is 30.3 Å². The third-order valence-corrected chi connectivity index (χ3v) is 3.34. The van der Waals surface area contributed by atoms with Gasteiger partial charge in [0.15, 0.2) is 11.6 Å². The predicted molar refractivity (Wildman–Crippen MR) is 88.9 cm³/mol. The van der Waals surface area contributed by atoms with Crippen molar-refractivity contribution in [1.82, 2.24) is 0 Å². The van der Waals surface area contributed by atoms with Gasteiger partial charge in [-0.25, -0.2) is 9.18 Å². The van der Waals surface area contributed by atoms with E-state index in [1.165, 1.54) is 19.2 Å². The van der Waals surface area contributed by atoms with Crippen molar-refractivity contribution in [3.05, 3.63) is 59.4 Å². The van der Waals surface area contributed by atoms with E-state index in [9.17, 15) is 9.18 Å². The van der Waals surface area contributed by atoms with Crippen molar-refractivity contribution < 1.29 is 23.4 Å². The number of methoxy groups -OCH3 is 2. The Morgan fingerprint density at radius 2 is 1.92 bits per heavy atom. The Hall–Kier alpha value is -2.60. The topological polar surface area (TPSA) is 56.8 Å². The summed E-state index contributed by atoms with van der Waals surface area (Å²) in [5.74, 6) is -1.13. The number of ether oxygens (including phenoxy) is 3. The number of anilines is 1. The molecule has 0 aliphatic heterocycles. The van der Waals surface area contributed by atoms with E-state index < -0.39 is 11.8 Å². The molecule has 0 unspecified atom stereocenters. The van der Waals surface area contributed by atoms with Gasteiger partial charge >= 0.3 is 5.97 Å². The van der Waals surface area contributed by atoms with E-state index >= 15 is 0 Å². The second-order valence-electron chi connectivity index (χ2n) is 5.01. The number of hydrogen-bond donors (Lipinski definition) is 1. The number of carbonyl (C=O) groups is 1. The van der Waals surface area contributed by atoms with Crippen LogP contribution in [0.5, 0.6) is 5.75 Å². The molecule has 1 N–H and O–H groups in total. The second-order valence-corrected chi connectivity index (χ2v) is 5.01. The summed E-state index contributed by atoms with van der Waals surface area (Å²) in [5, 5.41) is 2.95. The van der Waals surface area contributed by atoms with Gasteiger partial charge in [0.1, 0.15) is 6.61 Å². The van der Waals surface area contributed by atoms with Crippen LogP contribution in [-0.2, 0) is 16.1 Å². The SMILES string of the molecule is COCCNc1cc(F)c(OCc2ccccc2)cc1C(=O)OC. The van der Waals surface area contributed by atoms with Gasteiger partial charge in [0.2, 0.25) is 0 Å². The lowest BCUT2D eigenvalue weighted by Gasteiger charge is -2.14. The number of benzene rings is 2. The molecule has 0 saturated heterocycles. The van der Waals surface area contributed by atoms with Crippen molar-refractivity contribution in [2.45, 2.75) is 6.61 Å². The van der Waals surface area contributed by atoms with Gasteiger partial charge in [0.05, 0.1) is 25.0 Å². The Bertz CT molecular complexity index is 676. The van der Waals surface area contributed by atoms with Crippen LogP contribution in [-0.4, -0.2) is 33.3 Å². The summed E-state index contributed by atoms with van der Waals surface area (Å²) in [6, 6.07) is 12.0. The van der Waals surface area contributed by atoms with E-state index in [-0.39, 0.29) is 17.9 Å². The highest BCUT2D eigenvalue weighted by Gasteiger charge is 2.17. The van der Waals surface area contributed by atoms with Gasteiger partial charge in [-0.15, -0.1) is 0 Å². The second kappa shape index (κ2) is 8.88. The molecular formula is C18H20FNO4. The van der Waals surface area contributed by atoms with Gasteiger partial charge in [-0.1, -0.05) is 30.3 Å². The average molecular weight is 333 g/mol. The molecule has 0 fully saturated rings. The lowest BCUT2D eigenvalue weighted by Crippen LogP contribution is -2.13. The minimum atomic E-state index is -0.570. The third-order valence-electron chi connectivity index (χ3n) is 3.34. The standard InChI is InChI=1S/C18H20FNO4/c1-22-9-8-20-16-11-15(19)17(10-14(16)18(21)23-2)24-12-13-6-4-3-5-7-13/h3-7,10-11,20H,8-9,12H2,1-2H3. The molecule has 0 amide bonds. The van der Waals surface area contributed by atoms with Crippen LogP contribution < -0.4 is 10.1 Å². The van der Waals surface area contributed by atoms with Crippen molar-refractivity contribution in [2.75, 3.05) is 32.7 Å². The lowest BCUT2D eigenvalue weighted by molar-refractivity contribution is 0.0601. The van der Waals surface area contributed by atoms with E-state index in [4.69, 9.17) is 14.2 Å². The first-order valence-electron chi connectivity index (χ1n) is 7.47. The normalized spacial score (nSPS) is 10.3. The van der Waals surface area contributed by atoms with Crippen LogP contribution in [0.3, 0.4) is 0 Å². The highest BCUT2D eigenvalue weighted by molar-refractivity contribution is 5.96. The van der Waals surface area contributed by atoms with Crippen LogP contribution in [0.1, 0.15) is 15.9 Å². The van der Waals surface area contributed by atoms with E-state index in [0.717, 1.165) is 5.56 Å². The lowest BCUT2D eigenvalue weighted by atomic mass is 10.1. The Morgan fingerprint density at radius 1 is 1.17 bits per heavy atom. The number of rotatable bonds is 8. The van der Waals surface area contributed by atoms with Crippen molar-refractivity contribution in [1.29, 1.82) is 0 Å². The summed E-state index contributed by atoms with van der Waals surface area (Å²) in [6.45, 7) is 1.06. The summed E-state index contributed by atoms with van der Waals surface area (Å²) in [7, 11) is 2.83. The molecule has 0 saturated carbocycles. The number of halogens is 1. The maximum atomic E-state index is 14.3. The van der Waals surface area contributed by atoms with Gasteiger partial charge in [-0.05, 0) is 11.6 Å². The van der Waals surface area contributed by atoms with Crippen molar-refractivity contribution in [3.8, 4) is 5.75 Å². The van der Waals surface area contributed by atoms with Crippen LogP contribution in [0.25, 0.3) is 0 Å². The monoisotopic (exact) mass is 333 g/mol. The Morgan fingerprint density at radius 3 is 2.58 bits per heavy atom. The Balaban J connectivity index is 2.20. The van der Waals surface area contributed by atoms with Gasteiger partial charge in [-0.2, -0.15) is 0 Å². The molecule has 0 aliphatic rings. The number of nitrogens with one attached hydrogen (secondary N) is 1. The minimum absolute atomic E-state index is 0.00320. The molecule has 2 aromatic rings. The number of hydrogen-bond acceptors (Lipinski definition) is 5. The molecular weight excluding hydrogens is 313 g/mol. The first kappa shape index (κ1) is 17.7. The Labute approximate surface area is 140 Å². The van der Waals surface area contributed by atoms with Crippen LogP contribution in [0.2, 0.25) is 0 Å². The predicted octanol–water partition coefficient (Wildman–Crippen LogP) is 3.25. The molecule has 0 atom stereocenters. The molecule has 2 rings (SSSR count). The molecule has 6 heteroatoms. The summed E-state index contributed by atoms with van der Waals surface area (Å²) < 4.78 is 29.5. The molecule has 24 heavy (non-hydrogen) atoms. The van der Waals surface area contributed by atoms with Gasteiger partial charge in [-0.3, -0.25) is 0 Å². The van der Waals surface area contributed by atoms with Crippen LogP contribution in [0, 0.1) is 5.82 Å². The third kappa shape index (κ3) is 4.70. The van der Waals surface area contributed by atoms with Crippen LogP contribution >= 0.6 is 0 Å². The van der Waals surface area contributed by atoms with Crippen molar-refractivity contribution in [3.63, 3.8) is 0 Å². The number of carbonyl (C=O) groups excluding carboxylic acids is 1. The minimum Gasteiger partial charge on any atom is -0.486 e. The molecule has 0 radical (unpaired) electrons. The first-order valence-corrected chi connectivity index (χ1v) is 7.47. The molecule has 5 nitrogen and oxygen atoms in total. The maximum absolute atomic E-state index is 14.3. The fraction of sp³-hybridized carbons (Fsp3) is 0.278. The zero-order valence-corrected chi connectivity index (χ0v) is 13.7. The zero-order valence-electron chi connectivity index (χ0n) is 13.7. The van der Waals surface area contributed by atoms with E-state index in [2.05, 4.69) is 5.32 Å². The van der Waals surface area contributed by atoms with Gasteiger partial charge in [0, 0.05) is 19.7 Å². The quantitative estimate of drug-likeness (QED) is 0.594. The largest absolute Gasteiger partial charge is 0.486 e. The number of esters is 1. The fourth-order valence-corrected chi connectivity index (χ4v) is 2.11. The van der Waals surface area contributed by atoms with Crippen LogP contribution in [0.15, 0.2) is 42.5 Å². The molecule has 0 heterocycles. The zero-order chi connectivity index (χ0) is 17.4. The maximum Gasteiger partial charge on any atom is 0.340 e. The molecule has 2 aromatic carbocycles. The molecule has 0 bridgehead atoms. The highest BCUT2D eigenvalue weighted by atomic mass is 19.1. The molecule has 0 aromatic heterocycles. The average Bonchev–Trinajstić information content (AvgIpc) is 2.61. The molecule has 128 valence electrons. The summed E-state index contributed by atoms with van der Waals surface area (Å²) >= 11 is 0. The van der Waals surface area contributed by atoms with Crippen molar-refractivity contribution >= 4 is 11.7 Å². The summed E-state index contributed by atoms with van der Waals surface area (Å²) in [4.78, 5) is 11.9. The molecule has 0 spiro atoms.